The predicted molar refractivity (Wildman–Crippen MR) is 106 cm³/mol. The van der Waals surface area contributed by atoms with Gasteiger partial charge in [-0.25, -0.2) is 0 Å². The predicted octanol–water partition coefficient (Wildman–Crippen LogP) is 5.63. The highest BCUT2D eigenvalue weighted by Crippen LogP contribution is 2.42. The van der Waals surface area contributed by atoms with Gasteiger partial charge in [0.15, 0.2) is 6.29 Å². The number of aromatic hydroxyl groups is 1. The van der Waals surface area contributed by atoms with E-state index in [9.17, 15) is 5.11 Å². The maximum absolute atomic E-state index is 10.9. The van der Waals surface area contributed by atoms with Gasteiger partial charge in [0.2, 0.25) is 0 Å². The number of hydrogen-bond acceptors (Lipinski definition) is 3. The molecule has 0 aromatic heterocycles. The van der Waals surface area contributed by atoms with E-state index in [-0.39, 0.29) is 23.0 Å². The van der Waals surface area contributed by atoms with Crippen molar-refractivity contribution in [3.8, 4) is 5.75 Å². The van der Waals surface area contributed by atoms with Crippen LogP contribution >= 0.6 is 0 Å². The number of ether oxygens (including phenoxy) is 2. The molecule has 0 atom stereocenters. The second kappa shape index (κ2) is 7.16. The largest absolute Gasteiger partial charge is 0.507 e. The average molecular weight is 361 g/mol. The third-order valence-electron chi connectivity index (χ3n) is 5.93. The van der Waals surface area contributed by atoms with Crippen LogP contribution in [0.1, 0.15) is 89.8 Å². The lowest BCUT2D eigenvalue weighted by atomic mass is 9.77. The van der Waals surface area contributed by atoms with Crippen LogP contribution in [0.25, 0.3) is 0 Å². The molecule has 146 valence electrons. The summed E-state index contributed by atoms with van der Waals surface area (Å²) in [6.45, 7) is 14.3. The van der Waals surface area contributed by atoms with Crippen molar-refractivity contribution in [1.82, 2.24) is 0 Å². The van der Waals surface area contributed by atoms with Gasteiger partial charge in [-0.2, -0.15) is 0 Å². The molecular formula is C23H36O3. The summed E-state index contributed by atoms with van der Waals surface area (Å²) >= 11 is 0. The Morgan fingerprint density at radius 3 is 1.73 bits per heavy atom. The summed E-state index contributed by atoms with van der Waals surface area (Å²) in [5, 5.41) is 10.9. The molecule has 0 unspecified atom stereocenters. The van der Waals surface area contributed by atoms with Crippen LogP contribution in [0.2, 0.25) is 0 Å². The van der Waals surface area contributed by atoms with Gasteiger partial charge in [0.1, 0.15) is 5.75 Å². The lowest BCUT2D eigenvalue weighted by Crippen LogP contribution is -2.35. The van der Waals surface area contributed by atoms with E-state index >= 15 is 0 Å². The zero-order valence-corrected chi connectivity index (χ0v) is 17.4. The third-order valence-corrected chi connectivity index (χ3v) is 5.93. The Morgan fingerprint density at radius 2 is 1.31 bits per heavy atom. The molecule has 26 heavy (non-hydrogen) atoms. The Labute approximate surface area is 159 Å². The number of phenolic OH excluding ortho intramolecular Hbond substituents is 1. The van der Waals surface area contributed by atoms with Crippen molar-refractivity contribution >= 4 is 0 Å². The highest BCUT2D eigenvalue weighted by Gasteiger charge is 2.33. The molecule has 0 amide bonds. The first-order valence-electron chi connectivity index (χ1n) is 10.2. The maximum Gasteiger partial charge on any atom is 0.160 e. The van der Waals surface area contributed by atoms with Gasteiger partial charge in [-0.15, -0.1) is 0 Å². The van der Waals surface area contributed by atoms with Crippen molar-refractivity contribution in [1.29, 1.82) is 0 Å². The van der Waals surface area contributed by atoms with Crippen molar-refractivity contribution in [3.63, 3.8) is 0 Å². The van der Waals surface area contributed by atoms with E-state index in [1.54, 1.807) is 0 Å². The van der Waals surface area contributed by atoms with Crippen molar-refractivity contribution in [3.05, 3.63) is 28.8 Å². The lowest BCUT2D eigenvalue weighted by Gasteiger charge is -2.34. The summed E-state index contributed by atoms with van der Waals surface area (Å²) in [4.78, 5) is 0. The smallest absolute Gasteiger partial charge is 0.160 e. The summed E-state index contributed by atoms with van der Waals surface area (Å²) < 4.78 is 12.3. The summed E-state index contributed by atoms with van der Waals surface area (Å²) in [5.41, 5.74) is 3.03. The fraction of sp³-hybridized carbons (Fsp3) is 0.739. The molecule has 3 rings (SSSR count). The monoisotopic (exact) mass is 360 g/mol. The zero-order chi connectivity index (χ0) is 19.1. The van der Waals surface area contributed by atoms with Gasteiger partial charge in [0.05, 0.1) is 13.2 Å². The quantitative estimate of drug-likeness (QED) is 0.742. The van der Waals surface area contributed by atoms with Crippen LogP contribution in [0.5, 0.6) is 5.75 Å². The molecule has 0 spiro atoms. The summed E-state index contributed by atoms with van der Waals surface area (Å²) in [7, 11) is 0. The molecule has 1 N–H and O–H groups in total. The molecular weight excluding hydrogens is 324 g/mol. The van der Waals surface area contributed by atoms with Crippen molar-refractivity contribution in [2.24, 2.45) is 5.92 Å². The topological polar surface area (TPSA) is 38.7 Å². The molecule has 1 aliphatic carbocycles. The van der Waals surface area contributed by atoms with Crippen molar-refractivity contribution < 1.29 is 14.6 Å². The highest BCUT2D eigenvalue weighted by atomic mass is 16.7. The third kappa shape index (κ3) is 4.09. The maximum atomic E-state index is 10.9. The van der Waals surface area contributed by atoms with E-state index < -0.39 is 0 Å². The molecule has 1 aromatic rings. The minimum Gasteiger partial charge on any atom is -0.507 e. The van der Waals surface area contributed by atoms with Gasteiger partial charge in [0, 0.05) is 11.8 Å². The summed E-state index contributed by atoms with van der Waals surface area (Å²) in [6.07, 6.45) is 5.06. The molecule has 0 bridgehead atoms. The van der Waals surface area contributed by atoms with Crippen LogP contribution in [0, 0.1) is 5.92 Å². The fourth-order valence-electron chi connectivity index (χ4n) is 4.25. The average Bonchev–Trinajstić information content (AvgIpc) is 3.07. The second-order valence-electron chi connectivity index (χ2n) is 10.2. The standard InChI is InChI=1S/C23H36O3/c1-22(2,3)18-11-16(12-19(20(18)24)23(4,5)6)17-13-25-21(26-14-17)15-9-7-8-10-15/h11-12,15,17,21,24H,7-10,13-14H2,1-6H3. The summed E-state index contributed by atoms with van der Waals surface area (Å²) in [6, 6.07) is 4.33. The van der Waals surface area contributed by atoms with Crippen LogP contribution in [0.4, 0.5) is 0 Å². The molecule has 2 fully saturated rings. The second-order valence-corrected chi connectivity index (χ2v) is 10.2. The van der Waals surface area contributed by atoms with Crippen LogP contribution in [0.15, 0.2) is 12.1 Å². The van der Waals surface area contributed by atoms with Crippen LogP contribution in [0.3, 0.4) is 0 Å². The number of benzene rings is 1. The van der Waals surface area contributed by atoms with Gasteiger partial charge in [-0.3, -0.25) is 0 Å². The number of hydrogen-bond donors (Lipinski definition) is 1. The molecule has 1 aromatic carbocycles. The van der Waals surface area contributed by atoms with Crippen LogP contribution < -0.4 is 0 Å². The SMILES string of the molecule is CC(C)(C)c1cc(C2COC(C3CCCC3)OC2)cc(C(C)(C)C)c1O. The van der Waals surface area contributed by atoms with Gasteiger partial charge in [-0.05, 0) is 40.4 Å². The molecule has 1 heterocycles. The van der Waals surface area contributed by atoms with Gasteiger partial charge in [0.25, 0.3) is 0 Å². The van der Waals surface area contributed by atoms with Crippen LogP contribution in [-0.2, 0) is 20.3 Å². The fourth-order valence-corrected chi connectivity index (χ4v) is 4.25. The lowest BCUT2D eigenvalue weighted by molar-refractivity contribution is -0.211. The first-order chi connectivity index (χ1) is 12.1. The molecule has 3 nitrogen and oxygen atoms in total. The minimum atomic E-state index is -0.108. The van der Waals surface area contributed by atoms with E-state index in [4.69, 9.17) is 9.47 Å². The van der Waals surface area contributed by atoms with Gasteiger partial charge < -0.3 is 14.6 Å². The van der Waals surface area contributed by atoms with E-state index in [0.29, 0.717) is 24.9 Å². The van der Waals surface area contributed by atoms with E-state index in [2.05, 4.69) is 53.7 Å². The van der Waals surface area contributed by atoms with Gasteiger partial charge >= 0.3 is 0 Å². The minimum absolute atomic E-state index is 0.0185. The van der Waals surface area contributed by atoms with Crippen molar-refractivity contribution in [2.45, 2.75) is 90.3 Å². The first kappa shape index (κ1) is 19.7. The number of phenols is 1. The Morgan fingerprint density at radius 1 is 0.846 bits per heavy atom. The Bertz CT molecular complexity index is 587. The molecule has 1 saturated carbocycles. The van der Waals surface area contributed by atoms with E-state index in [0.717, 1.165) is 11.1 Å². The summed E-state index contributed by atoms with van der Waals surface area (Å²) in [5.74, 6) is 1.25. The molecule has 2 aliphatic rings. The Balaban J connectivity index is 1.85. The highest BCUT2D eigenvalue weighted by molar-refractivity contribution is 5.50. The Hall–Kier alpha value is -1.06. The normalized spacial score (nSPS) is 25.6. The van der Waals surface area contributed by atoms with E-state index in [1.807, 2.05) is 0 Å². The van der Waals surface area contributed by atoms with Gasteiger partial charge in [-0.1, -0.05) is 66.5 Å². The molecule has 3 heteroatoms. The molecule has 1 saturated heterocycles. The first-order valence-corrected chi connectivity index (χ1v) is 10.2. The van der Waals surface area contributed by atoms with Crippen molar-refractivity contribution in [2.75, 3.05) is 13.2 Å². The van der Waals surface area contributed by atoms with E-state index in [1.165, 1.54) is 31.2 Å². The number of rotatable bonds is 2. The molecule has 0 radical (unpaired) electrons. The Kier molecular flexibility index (Phi) is 5.43. The molecule has 1 aliphatic heterocycles. The zero-order valence-electron chi connectivity index (χ0n) is 17.4. The van der Waals surface area contributed by atoms with Crippen LogP contribution in [-0.4, -0.2) is 24.6 Å².